The lowest BCUT2D eigenvalue weighted by atomic mass is 10.3. The maximum absolute atomic E-state index is 12.4. The molecule has 0 saturated heterocycles. The molecule has 1 atom stereocenters. The smallest absolute Gasteiger partial charge is 0.258 e. The minimum absolute atomic E-state index is 0.0891. The fourth-order valence-corrected chi connectivity index (χ4v) is 3.91. The van der Waals surface area contributed by atoms with Crippen LogP contribution in [0, 0.1) is 10.1 Å². The highest BCUT2D eigenvalue weighted by molar-refractivity contribution is 7.98. The van der Waals surface area contributed by atoms with Crippen molar-refractivity contribution in [1.82, 2.24) is 4.31 Å². The first kappa shape index (κ1) is 17.2. The molecule has 0 N–H and O–H groups in total. The van der Waals surface area contributed by atoms with Crippen molar-refractivity contribution in [3.05, 3.63) is 33.3 Å². The Morgan fingerprint density at radius 2 is 2.10 bits per heavy atom. The largest absolute Gasteiger partial charge is 0.289 e. The summed E-state index contributed by atoms with van der Waals surface area (Å²) in [5, 5.41) is 10.7. The fraction of sp³-hybridized carbons (Fsp3) is 0.455. The third kappa shape index (κ3) is 3.63. The van der Waals surface area contributed by atoms with Gasteiger partial charge < -0.3 is 0 Å². The fourth-order valence-electron chi connectivity index (χ4n) is 1.54. The van der Waals surface area contributed by atoms with Crippen LogP contribution in [0.3, 0.4) is 0 Å². The third-order valence-corrected chi connectivity index (χ3v) is 5.92. The van der Waals surface area contributed by atoms with Crippen molar-refractivity contribution in [3.63, 3.8) is 0 Å². The van der Waals surface area contributed by atoms with E-state index >= 15 is 0 Å². The van der Waals surface area contributed by atoms with Crippen LogP contribution in [-0.4, -0.2) is 42.7 Å². The summed E-state index contributed by atoms with van der Waals surface area (Å²) in [5.74, 6) is 0.630. The van der Waals surface area contributed by atoms with Crippen LogP contribution < -0.4 is 0 Å². The Labute approximate surface area is 127 Å². The van der Waals surface area contributed by atoms with E-state index in [1.165, 1.54) is 35.2 Å². The van der Waals surface area contributed by atoms with Gasteiger partial charge in [-0.3, -0.25) is 10.1 Å². The number of hydrogen-bond acceptors (Lipinski definition) is 5. The molecule has 1 rings (SSSR count). The molecule has 1 aromatic carbocycles. The van der Waals surface area contributed by atoms with Crippen LogP contribution in [0.15, 0.2) is 23.1 Å². The highest BCUT2D eigenvalue weighted by atomic mass is 35.5. The number of hydrogen-bond donors (Lipinski definition) is 0. The van der Waals surface area contributed by atoms with Crippen LogP contribution in [0.2, 0.25) is 5.02 Å². The number of thioether (sulfide) groups is 1. The monoisotopic (exact) mass is 338 g/mol. The number of nitrogens with zero attached hydrogens (tertiary/aromatic N) is 2. The van der Waals surface area contributed by atoms with E-state index < -0.39 is 20.6 Å². The summed E-state index contributed by atoms with van der Waals surface area (Å²) in [6, 6.07) is 3.26. The van der Waals surface area contributed by atoms with Crippen LogP contribution in [0.5, 0.6) is 0 Å². The van der Waals surface area contributed by atoms with Gasteiger partial charge in [0.05, 0.1) is 9.82 Å². The van der Waals surface area contributed by atoms with E-state index in [1.807, 2.05) is 6.26 Å². The topological polar surface area (TPSA) is 80.5 Å². The number of sulfonamides is 1. The van der Waals surface area contributed by atoms with E-state index in [4.69, 9.17) is 11.6 Å². The molecule has 0 aliphatic heterocycles. The minimum atomic E-state index is -3.78. The van der Waals surface area contributed by atoms with Gasteiger partial charge in [0, 0.05) is 24.9 Å². The van der Waals surface area contributed by atoms with Gasteiger partial charge in [0.15, 0.2) is 0 Å². The van der Waals surface area contributed by atoms with Crippen molar-refractivity contribution >= 4 is 39.1 Å². The molecule has 0 fully saturated rings. The molecular weight excluding hydrogens is 324 g/mol. The second-order valence-electron chi connectivity index (χ2n) is 4.20. The maximum atomic E-state index is 12.4. The van der Waals surface area contributed by atoms with E-state index in [1.54, 1.807) is 6.92 Å². The first-order valence-electron chi connectivity index (χ1n) is 5.62. The Morgan fingerprint density at radius 3 is 2.60 bits per heavy atom. The molecule has 0 amide bonds. The van der Waals surface area contributed by atoms with E-state index in [0.29, 0.717) is 5.75 Å². The predicted molar refractivity (Wildman–Crippen MR) is 80.9 cm³/mol. The van der Waals surface area contributed by atoms with Crippen molar-refractivity contribution in [2.75, 3.05) is 19.1 Å². The lowest BCUT2D eigenvalue weighted by Crippen LogP contribution is -2.36. The summed E-state index contributed by atoms with van der Waals surface area (Å²) in [5.41, 5.74) is -0.418. The zero-order valence-electron chi connectivity index (χ0n) is 11.2. The first-order valence-corrected chi connectivity index (χ1v) is 8.84. The minimum Gasteiger partial charge on any atom is -0.258 e. The third-order valence-electron chi connectivity index (χ3n) is 2.82. The van der Waals surface area contributed by atoms with Gasteiger partial charge >= 0.3 is 0 Å². The first-order chi connectivity index (χ1) is 9.21. The summed E-state index contributed by atoms with van der Waals surface area (Å²) >= 11 is 7.20. The van der Waals surface area contributed by atoms with Crippen molar-refractivity contribution in [2.45, 2.75) is 17.9 Å². The molecule has 0 bridgehead atoms. The lowest BCUT2D eigenvalue weighted by molar-refractivity contribution is -0.384. The van der Waals surface area contributed by atoms with Gasteiger partial charge in [-0.2, -0.15) is 16.1 Å². The van der Waals surface area contributed by atoms with Gasteiger partial charge in [0.1, 0.15) is 5.02 Å². The number of nitro benzene ring substituents is 1. The standard InChI is InChI=1S/C11H15ClN2O4S2/c1-8(7-19-3)13(2)20(17,18)9-4-5-10(12)11(6-9)14(15)16/h4-6,8H,7H2,1-3H3. The highest BCUT2D eigenvalue weighted by Gasteiger charge is 2.27. The molecule has 0 aliphatic rings. The van der Waals surface area contributed by atoms with Crippen molar-refractivity contribution in [3.8, 4) is 0 Å². The molecule has 1 aromatic rings. The predicted octanol–water partition coefficient (Wildman–Crippen LogP) is 2.62. The Balaban J connectivity index is 3.22. The second-order valence-corrected chi connectivity index (χ2v) is 7.51. The molecule has 112 valence electrons. The molecule has 9 heteroatoms. The van der Waals surface area contributed by atoms with Crippen molar-refractivity contribution in [1.29, 1.82) is 0 Å². The summed E-state index contributed by atoms with van der Waals surface area (Å²) in [7, 11) is -2.32. The normalized spacial score (nSPS) is 13.4. The van der Waals surface area contributed by atoms with Gasteiger partial charge in [-0.05, 0) is 25.3 Å². The van der Waals surface area contributed by atoms with Gasteiger partial charge in [-0.25, -0.2) is 8.42 Å². The van der Waals surface area contributed by atoms with E-state index in [2.05, 4.69) is 0 Å². The van der Waals surface area contributed by atoms with E-state index in [0.717, 1.165) is 6.07 Å². The summed E-state index contributed by atoms with van der Waals surface area (Å²) in [4.78, 5) is 9.98. The lowest BCUT2D eigenvalue weighted by Gasteiger charge is -2.23. The molecule has 1 unspecified atom stereocenters. The van der Waals surface area contributed by atoms with Crippen LogP contribution in [0.4, 0.5) is 5.69 Å². The van der Waals surface area contributed by atoms with Crippen LogP contribution in [-0.2, 0) is 10.0 Å². The average molecular weight is 339 g/mol. The number of rotatable bonds is 6. The molecule has 0 spiro atoms. The Bertz CT molecular complexity index is 606. The highest BCUT2D eigenvalue weighted by Crippen LogP contribution is 2.28. The van der Waals surface area contributed by atoms with Crippen LogP contribution in [0.25, 0.3) is 0 Å². The quantitative estimate of drug-likeness (QED) is 0.588. The van der Waals surface area contributed by atoms with Crippen LogP contribution in [0.1, 0.15) is 6.92 Å². The van der Waals surface area contributed by atoms with Gasteiger partial charge in [-0.1, -0.05) is 11.6 Å². The molecule has 0 saturated carbocycles. The molecule has 0 heterocycles. The van der Waals surface area contributed by atoms with Gasteiger partial charge in [0.2, 0.25) is 10.0 Å². The van der Waals surface area contributed by atoms with Gasteiger partial charge in [-0.15, -0.1) is 0 Å². The molecule has 0 aliphatic carbocycles. The molecular formula is C11H15ClN2O4S2. The molecule has 0 aromatic heterocycles. The Hall–Kier alpha value is -0.830. The Morgan fingerprint density at radius 1 is 1.50 bits per heavy atom. The maximum Gasteiger partial charge on any atom is 0.289 e. The zero-order chi connectivity index (χ0) is 15.5. The number of halogens is 1. The zero-order valence-corrected chi connectivity index (χ0v) is 13.6. The number of nitro groups is 1. The van der Waals surface area contributed by atoms with Crippen LogP contribution >= 0.6 is 23.4 Å². The summed E-state index contributed by atoms with van der Waals surface area (Å²) < 4.78 is 26.0. The molecule has 20 heavy (non-hydrogen) atoms. The van der Waals surface area contributed by atoms with Crippen molar-refractivity contribution in [2.24, 2.45) is 0 Å². The second kappa shape index (κ2) is 6.75. The summed E-state index contributed by atoms with van der Waals surface area (Å²) in [6.45, 7) is 1.78. The Kier molecular flexibility index (Phi) is 5.81. The summed E-state index contributed by atoms with van der Waals surface area (Å²) in [6.07, 6.45) is 1.88. The van der Waals surface area contributed by atoms with E-state index in [9.17, 15) is 18.5 Å². The van der Waals surface area contributed by atoms with Crippen molar-refractivity contribution < 1.29 is 13.3 Å². The van der Waals surface area contributed by atoms with Gasteiger partial charge in [0.25, 0.3) is 5.69 Å². The molecule has 0 radical (unpaired) electrons. The average Bonchev–Trinajstić information content (AvgIpc) is 2.37. The number of benzene rings is 1. The SMILES string of the molecule is CSCC(C)N(C)S(=O)(=O)c1ccc(Cl)c([N+](=O)[O-])c1. The van der Waals surface area contributed by atoms with E-state index in [-0.39, 0.29) is 16.0 Å². The molecule has 6 nitrogen and oxygen atoms in total.